The maximum Gasteiger partial charge on any atom is 0.335 e. The Morgan fingerprint density at radius 2 is 1.79 bits per heavy atom. The van der Waals surface area contributed by atoms with E-state index in [4.69, 9.17) is 5.11 Å². The molecule has 0 aliphatic heterocycles. The zero-order valence-electron chi connectivity index (χ0n) is 9.95. The van der Waals surface area contributed by atoms with Gasteiger partial charge in [0.25, 0.3) is 5.69 Å². The summed E-state index contributed by atoms with van der Waals surface area (Å²) in [6.45, 7) is 0. The van der Waals surface area contributed by atoms with Crippen LogP contribution in [0.15, 0.2) is 48.5 Å². The molecule has 96 valence electrons. The number of benzene rings is 2. The summed E-state index contributed by atoms with van der Waals surface area (Å²) in [5.74, 6) is -1.17. The number of hydrogen-bond donors (Lipinski definition) is 1. The minimum atomic E-state index is -1.17. The molecule has 2 rings (SSSR count). The lowest BCUT2D eigenvalue weighted by Crippen LogP contribution is -2.01. The molecule has 0 unspecified atom stereocenters. The van der Waals surface area contributed by atoms with Crippen LogP contribution >= 0.6 is 0 Å². The highest BCUT2D eigenvalue weighted by atomic mass is 16.6. The summed E-state index contributed by atoms with van der Waals surface area (Å²) >= 11 is 0. The molecule has 5 heteroatoms. The topological polar surface area (TPSA) is 80.4 Å². The van der Waals surface area contributed by atoms with E-state index in [1.54, 1.807) is 0 Å². The van der Waals surface area contributed by atoms with E-state index >= 15 is 0 Å². The number of carboxylic acids is 1. The summed E-state index contributed by atoms with van der Waals surface area (Å²) in [6.07, 6.45) is 0.461. The van der Waals surface area contributed by atoms with Gasteiger partial charge in [-0.2, -0.15) is 0 Å². The van der Waals surface area contributed by atoms with Gasteiger partial charge in [0.05, 0.1) is 10.5 Å². The van der Waals surface area contributed by atoms with Crippen molar-refractivity contribution < 1.29 is 14.8 Å². The maximum atomic E-state index is 11.0. The number of carboxylic acid groups (broad SMARTS) is 1. The van der Waals surface area contributed by atoms with Crippen LogP contribution in [0.25, 0.3) is 0 Å². The third kappa shape index (κ3) is 3.16. The molecule has 0 radical (unpaired) electrons. The van der Waals surface area contributed by atoms with Gasteiger partial charge in [0, 0.05) is 12.1 Å². The summed E-state index contributed by atoms with van der Waals surface area (Å²) in [6, 6.07) is 13.3. The minimum absolute atomic E-state index is 0.0693. The van der Waals surface area contributed by atoms with Crippen LogP contribution in [-0.4, -0.2) is 16.0 Å². The van der Waals surface area contributed by atoms with E-state index < -0.39 is 10.9 Å². The number of non-ortho nitro benzene ring substituents is 1. The summed E-state index contributed by atoms with van der Waals surface area (Å²) in [7, 11) is 0. The Kier molecular flexibility index (Phi) is 3.56. The molecule has 0 saturated carbocycles. The molecule has 0 aliphatic carbocycles. The first-order valence-electron chi connectivity index (χ1n) is 5.62. The van der Waals surface area contributed by atoms with Gasteiger partial charge >= 0.3 is 5.97 Å². The molecular formula is C14H11NO4. The second-order valence-electron chi connectivity index (χ2n) is 4.11. The number of carbonyl (C=O) groups is 1. The average Bonchev–Trinajstić information content (AvgIpc) is 2.39. The molecule has 0 atom stereocenters. The van der Waals surface area contributed by atoms with Gasteiger partial charge in [-0.1, -0.05) is 30.3 Å². The second kappa shape index (κ2) is 5.30. The highest BCUT2D eigenvalue weighted by Crippen LogP contribution is 2.19. The third-order valence-corrected chi connectivity index (χ3v) is 2.69. The molecule has 19 heavy (non-hydrogen) atoms. The zero-order chi connectivity index (χ0) is 13.8. The van der Waals surface area contributed by atoms with Gasteiger partial charge in [-0.25, -0.2) is 4.79 Å². The Hall–Kier alpha value is -2.69. The first kappa shape index (κ1) is 12.8. The summed E-state index contributed by atoms with van der Waals surface area (Å²) in [5, 5.41) is 19.8. The number of nitro groups is 1. The molecule has 0 saturated heterocycles. The first-order chi connectivity index (χ1) is 9.06. The Morgan fingerprint density at radius 3 is 2.37 bits per heavy atom. The van der Waals surface area contributed by atoms with Gasteiger partial charge in [-0.05, 0) is 23.6 Å². The van der Waals surface area contributed by atoms with E-state index in [-0.39, 0.29) is 11.3 Å². The smallest absolute Gasteiger partial charge is 0.335 e. The van der Waals surface area contributed by atoms with E-state index in [1.807, 2.05) is 30.3 Å². The zero-order valence-corrected chi connectivity index (χ0v) is 9.95. The van der Waals surface area contributed by atoms with Crippen molar-refractivity contribution in [2.45, 2.75) is 6.42 Å². The van der Waals surface area contributed by atoms with Crippen molar-refractivity contribution in [1.29, 1.82) is 0 Å². The summed E-state index contributed by atoms with van der Waals surface area (Å²) in [4.78, 5) is 21.2. The van der Waals surface area contributed by atoms with E-state index in [9.17, 15) is 14.9 Å². The van der Waals surface area contributed by atoms with Crippen LogP contribution < -0.4 is 0 Å². The third-order valence-electron chi connectivity index (χ3n) is 2.69. The van der Waals surface area contributed by atoms with Gasteiger partial charge in [-0.3, -0.25) is 10.1 Å². The Bertz CT molecular complexity index is 590. The molecule has 0 bridgehead atoms. The molecular weight excluding hydrogens is 246 g/mol. The lowest BCUT2D eigenvalue weighted by Gasteiger charge is -2.04. The number of nitrogens with zero attached hydrogens (tertiary/aromatic N) is 1. The van der Waals surface area contributed by atoms with E-state index in [1.165, 1.54) is 12.1 Å². The van der Waals surface area contributed by atoms with Gasteiger partial charge in [-0.15, -0.1) is 0 Å². The largest absolute Gasteiger partial charge is 0.478 e. The van der Waals surface area contributed by atoms with Crippen molar-refractivity contribution >= 4 is 11.7 Å². The normalized spacial score (nSPS) is 10.1. The SMILES string of the molecule is O=C(O)c1cc(Cc2ccccc2)cc([N+](=O)[O-])c1. The van der Waals surface area contributed by atoms with Crippen molar-refractivity contribution in [1.82, 2.24) is 0 Å². The number of nitro benzene ring substituents is 1. The van der Waals surface area contributed by atoms with E-state index in [0.717, 1.165) is 11.6 Å². The molecule has 0 amide bonds. The van der Waals surface area contributed by atoms with Crippen LogP contribution in [0.3, 0.4) is 0 Å². The molecule has 0 aromatic heterocycles. The van der Waals surface area contributed by atoms with E-state index in [0.29, 0.717) is 12.0 Å². The Balaban J connectivity index is 2.39. The van der Waals surface area contributed by atoms with Crippen LogP contribution in [0.4, 0.5) is 5.69 Å². The lowest BCUT2D eigenvalue weighted by molar-refractivity contribution is -0.384. The van der Waals surface area contributed by atoms with Crippen LogP contribution in [-0.2, 0) is 6.42 Å². The molecule has 0 aliphatic rings. The number of aromatic carboxylic acids is 1. The van der Waals surface area contributed by atoms with E-state index in [2.05, 4.69) is 0 Å². The quantitative estimate of drug-likeness (QED) is 0.674. The number of hydrogen-bond acceptors (Lipinski definition) is 3. The van der Waals surface area contributed by atoms with Crippen molar-refractivity contribution in [3.8, 4) is 0 Å². The summed E-state index contributed by atoms with van der Waals surface area (Å²) < 4.78 is 0. The molecule has 2 aromatic carbocycles. The highest BCUT2D eigenvalue weighted by molar-refractivity contribution is 5.88. The number of rotatable bonds is 4. The van der Waals surface area contributed by atoms with Gasteiger partial charge in [0.2, 0.25) is 0 Å². The van der Waals surface area contributed by atoms with Gasteiger partial charge in [0.15, 0.2) is 0 Å². The van der Waals surface area contributed by atoms with Gasteiger partial charge < -0.3 is 5.11 Å². The van der Waals surface area contributed by atoms with Crippen molar-refractivity contribution in [3.05, 3.63) is 75.3 Å². The molecule has 2 aromatic rings. The molecule has 5 nitrogen and oxygen atoms in total. The molecule has 0 heterocycles. The Labute approximate surface area is 109 Å². The standard InChI is InChI=1S/C14H11NO4/c16-14(17)12-7-11(8-13(9-12)15(18)19)6-10-4-2-1-3-5-10/h1-5,7-9H,6H2,(H,16,17). The second-order valence-corrected chi connectivity index (χ2v) is 4.11. The van der Waals surface area contributed by atoms with Crippen molar-refractivity contribution in [3.63, 3.8) is 0 Å². The van der Waals surface area contributed by atoms with Crippen molar-refractivity contribution in [2.24, 2.45) is 0 Å². The monoisotopic (exact) mass is 257 g/mol. The fourth-order valence-corrected chi connectivity index (χ4v) is 1.84. The van der Waals surface area contributed by atoms with Crippen LogP contribution in [0.2, 0.25) is 0 Å². The molecule has 1 N–H and O–H groups in total. The lowest BCUT2D eigenvalue weighted by atomic mass is 10.0. The molecule has 0 fully saturated rings. The highest BCUT2D eigenvalue weighted by Gasteiger charge is 2.13. The van der Waals surface area contributed by atoms with Crippen molar-refractivity contribution in [2.75, 3.05) is 0 Å². The minimum Gasteiger partial charge on any atom is -0.478 e. The predicted octanol–water partition coefficient (Wildman–Crippen LogP) is 2.88. The predicted molar refractivity (Wildman–Crippen MR) is 69.3 cm³/mol. The maximum absolute atomic E-state index is 11.0. The fourth-order valence-electron chi connectivity index (χ4n) is 1.84. The van der Waals surface area contributed by atoms with Crippen LogP contribution in [0.1, 0.15) is 21.5 Å². The first-order valence-corrected chi connectivity index (χ1v) is 5.62. The summed E-state index contributed by atoms with van der Waals surface area (Å²) in [5.41, 5.74) is 1.31. The van der Waals surface area contributed by atoms with Crippen LogP contribution in [0, 0.1) is 10.1 Å². The molecule has 0 spiro atoms. The fraction of sp³-hybridized carbons (Fsp3) is 0.0714. The average molecular weight is 257 g/mol. The van der Waals surface area contributed by atoms with Gasteiger partial charge in [0.1, 0.15) is 0 Å². The van der Waals surface area contributed by atoms with Crippen LogP contribution in [0.5, 0.6) is 0 Å². The Morgan fingerprint density at radius 1 is 1.11 bits per heavy atom.